The maximum atomic E-state index is 4.51. The standard InChI is InChI=1S/C16H17N5/c1-11-5-2-3-6-12(11)13-7-4-8-21(13)16-14-15(18-9-17-14)19-10-20-16/h2-3,5-6,9-10,13H,4,7-8H2,1H3,(H,17,18,19,20)/t13-/m1/s1. The molecule has 5 heteroatoms. The van der Waals surface area contributed by atoms with Crippen LogP contribution in [0.15, 0.2) is 36.9 Å². The van der Waals surface area contributed by atoms with Gasteiger partial charge in [-0.3, -0.25) is 0 Å². The van der Waals surface area contributed by atoms with E-state index in [0.29, 0.717) is 6.04 Å². The predicted octanol–water partition coefficient (Wildman–Crippen LogP) is 3.00. The Balaban J connectivity index is 1.81. The van der Waals surface area contributed by atoms with Crippen LogP contribution in [0, 0.1) is 6.92 Å². The summed E-state index contributed by atoms with van der Waals surface area (Å²) in [5.74, 6) is 0.961. The van der Waals surface area contributed by atoms with E-state index >= 15 is 0 Å². The van der Waals surface area contributed by atoms with Crippen molar-refractivity contribution in [3.63, 3.8) is 0 Å². The molecule has 1 aromatic carbocycles. The quantitative estimate of drug-likeness (QED) is 0.783. The van der Waals surface area contributed by atoms with Crippen molar-refractivity contribution >= 4 is 17.0 Å². The van der Waals surface area contributed by atoms with Gasteiger partial charge in [-0.2, -0.15) is 0 Å². The van der Waals surface area contributed by atoms with Crippen LogP contribution in [0.25, 0.3) is 11.2 Å². The maximum Gasteiger partial charge on any atom is 0.182 e. The number of benzene rings is 1. The van der Waals surface area contributed by atoms with Gasteiger partial charge in [-0.05, 0) is 30.9 Å². The fourth-order valence-corrected chi connectivity index (χ4v) is 3.27. The molecule has 3 heterocycles. The Morgan fingerprint density at radius 2 is 2.10 bits per heavy atom. The van der Waals surface area contributed by atoms with Gasteiger partial charge in [0.25, 0.3) is 0 Å². The number of aromatic nitrogens is 4. The van der Waals surface area contributed by atoms with Crippen LogP contribution >= 0.6 is 0 Å². The summed E-state index contributed by atoms with van der Waals surface area (Å²) >= 11 is 0. The van der Waals surface area contributed by atoms with E-state index in [1.54, 1.807) is 12.7 Å². The predicted molar refractivity (Wildman–Crippen MR) is 82.2 cm³/mol. The van der Waals surface area contributed by atoms with E-state index in [1.165, 1.54) is 17.5 Å². The lowest BCUT2D eigenvalue weighted by Gasteiger charge is -2.27. The Morgan fingerprint density at radius 3 is 3.00 bits per heavy atom. The van der Waals surface area contributed by atoms with Gasteiger partial charge in [0, 0.05) is 6.54 Å². The summed E-state index contributed by atoms with van der Waals surface area (Å²) in [4.78, 5) is 18.5. The van der Waals surface area contributed by atoms with Crippen LogP contribution in [0.4, 0.5) is 5.82 Å². The van der Waals surface area contributed by atoms with Crippen molar-refractivity contribution in [2.45, 2.75) is 25.8 Å². The molecular formula is C16H17N5. The van der Waals surface area contributed by atoms with Crippen LogP contribution < -0.4 is 4.90 Å². The monoisotopic (exact) mass is 279 g/mol. The molecule has 1 N–H and O–H groups in total. The van der Waals surface area contributed by atoms with Crippen molar-refractivity contribution in [2.24, 2.45) is 0 Å². The van der Waals surface area contributed by atoms with Gasteiger partial charge in [0.15, 0.2) is 11.5 Å². The Hall–Kier alpha value is -2.43. The van der Waals surface area contributed by atoms with Crippen molar-refractivity contribution in [3.05, 3.63) is 48.0 Å². The molecule has 1 aliphatic heterocycles. The van der Waals surface area contributed by atoms with E-state index < -0.39 is 0 Å². The topological polar surface area (TPSA) is 57.7 Å². The van der Waals surface area contributed by atoms with Crippen LogP contribution in [0.1, 0.15) is 30.0 Å². The molecular weight excluding hydrogens is 262 g/mol. The second-order valence-corrected chi connectivity index (χ2v) is 5.51. The van der Waals surface area contributed by atoms with Gasteiger partial charge >= 0.3 is 0 Å². The number of hydrogen-bond acceptors (Lipinski definition) is 4. The molecule has 1 saturated heterocycles. The third-order valence-corrected chi connectivity index (χ3v) is 4.28. The third kappa shape index (κ3) is 1.96. The van der Waals surface area contributed by atoms with E-state index in [2.05, 4.69) is 56.0 Å². The summed E-state index contributed by atoms with van der Waals surface area (Å²) in [6.45, 7) is 3.20. The zero-order chi connectivity index (χ0) is 14.2. The van der Waals surface area contributed by atoms with Crippen molar-refractivity contribution in [1.82, 2.24) is 19.9 Å². The molecule has 0 unspecified atom stereocenters. The molecule has 3 aromatic rings. The number of H-pyrrole nitrogens is 1. The number of fused-ring (bicyclic) bond motifs is 1. The van der Waals surface area contributed by atoms with Crippen LogP contribution in [-0.2, 0) is 0 Å². The fraction of sp³-hybridized carbons (Fsp3) is 0.312. The van der Waals surface area contributed by atoms with E-state index in [9.17, 15) is 0 Å². The Bertz CT molecular complexity index is 779. The molecule has 0 saturated carbocycles. The summed E-state index contributed by atoms with van der Waals surface area (Å²) in [6, 6.07) is 8.99. The molecule has 1 aliphatic rings. The Morgan fingerprint density at radius 1 is 1.19 bits per heavy atom. The second kappa shape index (κ2) is 4.84. The minimum atomic E-state index is 0.382. The molecule has 0 amide bonds. The summed E-state index contributed by atoms with van der Waals surface area (Å²) in [5, 5.41) is 0. The number of rotatable bonds is 2. The number of aryl methyl sites for hydroxylation is 1. The summed E-state index contributed by atoms with van der Waals surface area (Å²) in [5.41, 5.74) is 4.39. The highest BCUT2D eigenvalue weighted by atomic mass is 15.2. The second-order valence-electron chi connectivity index (χ2n) is 5.51. The Kier molecular flexibility index (Phi) is 2.84. The van der Waals surface area contributed by atoms with E-state index in [-0.39, 0.29) is 0 Å². The zero-order valence-electron chi connectivity index (χ0n) is 12.0. The molecule has 1 atom stereocenters. The van der Waals surface area contributed by atoms with Gasteiger partial charge in [-0.15, -0.1) is 0 Å². The molecule has 0 bridgehead atoms. The number of imidazole rings is 1. The van der Waals surface area contributed by atoms with Crippen molar-refractivity contribution in [2.75, 3.05) is 11.4 Å². The first kappa shape index (κ1) is 12.3. The van der Waals surface area contributed by atoms with E-state index in [1.807, 2.05) is 0 Å². The number of aromatic amines is 1. The van der Waals surface area contributed by atoms with Crippen molar-refractivity contribution in [1.29, 1.82) is 0 Å². The van der Waals surface area contributed by atoms with Crippen molar-refractivity contribution < 1.29 is 0 Å². The summed E-state index contributed by atoms with van der Waals surface area (Å²) < 4.78 is 0. The van der Waals surface area contributed by atoms with Gasteiger partial charge in [-0.25, -0.2) is 15.0 Å². The molecule has 0 spiro atoms. The molecule has 2 aromatic heterocycles. The largest absolute Gasteiger partial charge is 0.348 e. The average molecular weight is 279 g/mol. The van der Waals surface area contributed by atoms with Crippen LogP contribution in [0.2, 0.25) is 0 Å². The molecule has 106 valence electrons. The number of hydrogen-bond donors (Lipinski definition) is 1. The molecule has 0 aliphatic carbocycles. The van der Waals surface area contributed by atoms with Gasteiger partial charge in [0.2, 0.25) is 0 Å². The highest BCUT2D eigenvalue weighted by Gasteiger charge is 2.29. The van der Waals surface area contributed by atoms with E-state index in [0.717, 1.165) is 29.9 Å². The van der Waals surface area contributed by atoms with Gasteiger partial charge < -0.3 is 9.88 Å². The van der Waals surface area contributed by atoms with Gasteiger partial charge in [0.05, 0.1) is 12.4 Å². The number of nitrogens with one attached hydrogen (secondary N) is 1. The lowest BCUT2D eigenvalue weighted by molar-refractivity contribution is 0.708. The third-order valence-electron chi connectivity index (χ3n) is 4.28. The molecule has 21 heavy (non-hydrogen) atoms. The van der Waals surface area contributed by atoms with E-state index in [4.69, 9.17) is 0 Å². The van der Waals surface area contributed by atoms with Gasteiger partial charge in [-0.1, -0.05) is 24.3 Å². The first-order valence-corrected chi connectivity index (χ1v) is 7.31. The van der Waals surface area contributed by atoms with Crippen LogP contribution in [0.5, 0.6) is 0 Å². The first-order valence-electron chi connectivity index (χ1n) is 7.31. The SMILES string of the molecule is Cc1ccccc1[C@H]1CCCN1c1ncnc2nc[nH]c12. The number of nitrogens with zero attached hydrogens (tertiary/aromatic N) is 4. The summed E-state index contributed by atoms with van der Waals surface area (Å²) in [7, 11) is 0. The summed E-state index contributed by atoms with van der Waals surface area (Å²) in [6.07, 6.45) is 5.62. The molecule has 1 fully saturated rings. The highest BCUT2D eigenvalue weighted by Crippen LogP contribution is 2.38. The van der Waals surface area contributed by atoms with Crippen LogP contribution in [0.3, 0.4) is 0 Å². The van der Waals surface area contributed by atoms with Crippen LogP contribution in [-0.4, -0.2) is 26.5 Å². The van der Waals surface area contributed by atoms with Gasteiger partial charge in [0.1, 0.15) is 11.8 Å². The smallest absolute Gasteiger partial charge is 0.182 e. The lowest BCUT2D eigenvalue weighted by Crippen LogP contribution is -2.24. The minimum Gasteiger partial charge on any atom is -0.348 e. The zero-order valence-corrected chi connectivity index (χ0v) is 12.0. The lowest BCUT2D eigenvalue weighted by atomic mass is 9.99. The first-order chi connectivity index (χ1) is 10.3. The Labute approximate surface area is 123 Å². The highest BCUT2D eigenvalue weighted by molar-refractivity contribution is 5.83. The molecule has 4 rings (SSSR count). The fourth-order valence-electron chi connectivity index (χ4n) is 3.27. The molecule has 0 radical (unpaired) electrons. The average Bonchev–Trinajstić information content (AvgIpc) is 3.16. The van der Waals surface area contributed by atoms with Crippen molar-refractivity contribution in [3.8, 4) is 0 Å². The number of anilines is 1. The molecule has 5 nitrogen and oxygen atoms in total. The maximum absolute atomic E-state index is 4.51. The normalized spacial score (nSPS) is 18.5. The minimum absolute atomic E-state index is 0.382.